The summed E-state index contributed by atoms with van der Waals surface area (Å²) in [4.78, 5) is 4.46. The van der Waals surface area contributed by atoms with Gasteiger partial charge in [-0.15, -0.1) is 0 Å². The molecule has 0 atom stereocenters. The molecule has 0 spiro atoms. The highest BCUT2D eigenvalue weighted by Crippen LogP contribution is 2.18. The maximum Gasteiger partial charge on any atom is 0.142 e. The van der Waals surface area contributed by atoms with Crippen molar-refractivity contribution >= 4 is 5.71 Å². The van der Waals surface area contributed by atoms with Gasteiger partial charge in [-0.25, -0.2) is 4.99 Å². The van der Waals surface area contributed by atoms with Gasteiger partial charge in [-0.2, -0.15) is 0 Å². The van der Waals surface area contributed by atoms with Crippen molar-refractivity contribution in [2.45, 2.75) is 38.1 Å². The quantitative estimate of drug-likeness (QED) is 0.574. The average Bonchev–Trinajstić information content (AvgIpc) is 2.53. The number of nitrogens with zero attached hydrogens (tertiary/aromatic N) is 1. The van der Waals surface area contributed by atoms with Crippen molar-refractivity contribution in [3.8, 4) is 0 Å². The Morgan fingerprint density at radius 3 is 2.82 bits per heavy atom. The molecule has 5 heteroatoms. The molecule has 2 rings (SSSR count). The van der Waals surface area contributed by atoms with Crippen LogP contribution in [0, 0.1) is 0 Å². The first-order valence-electron chi connectivity index (χ1n) is 6.26. The lowest BCUT2D eigenvalue weighted by atomic mass is 9.96. The van der Waals surface area contributed by atoms with Gasteiger partial charge < -0.3 is 22.1 Å². The highest BCUT2D eigenvalue weighted by atomic mass is 15.1. The first-order chi connectivity index (χ1) is 8.28. The van der Waals surface area contributed by atoms with E-state index in [0.717, 1.165) is 11.5 Å². The van der Waals surface area contributed by atoms with Crippen molar-refractivity contribution in [3.63, 3.8) is 0 Å². The third-order valence-corrected chi connectivity index (χ3v) is 3.13. The van der Waals surface area contributed by atoms with Crippen molar-refractivity contribution < 1.29 is 0 Å². The van der Waals surface area contributed by atoms with E-state index < -0.39 is 0 Å². The molecule has 0 bridgehead atoms. The van der Waals surface area contributed by atoms with E-state index >= 15 is 0 Å². The van der Waals surface area contributed by atoms with E-state index in [1.165, 1.54) is 32.1 Å². The number of nitrogens with one attached hydrogen (secondary N) is 2. The van der Waals surface area contributed by atoms with E-state index in [2.05, 4.69) is 15.6 Å². The van der Waals surface area contributed by atoms with Gasteiger partial charge in [0, 0.05) is 24.9 Å². The van der Waals surface area contributed by atoms with Crippen LogP contribution >= 0.6 is 0 Å². The number of hydrogen-bond acceptors (Lipinski definition) is 5. The van der Waals surface area contributed by atoms with Gasteiger partial charge in [0.1, 0.15) is 11.6 Å². The van der Waals surface area contributed by atoms with Gasteiger partial charge in [0.05, 0.1) is 5.71 Å². The van der Waals surface area contributed by atoms with Gasteiger partial charge in [0.2, 0.25) is 0 Å². The molecule has 0 aromatic heterocycles. The van der Waals surface area contributed by atoms with Crippen molar-refractivity contribution in [1.82, 2.24) is 10.6 Å². The fourth-order valence-corrected chi connectivity index (χ4v) is 2.23. The van der Waals surface area contributed by atoms with E-state index in [1.54, 1.807) is 6.08 Å². The van der Waals surface area contributed by atoms with E-state index in [4.69, 9.17) is 11.5 Å². The van der Waals surface area contributed by atoms with Crippen LogP contribution in [-0.4, -0.2) is 18.3 Å². The second kappa shape index (κ2) is 5.72. The summed E-state index contributed by atoms with van der Waals surface area (Å²) < 4.78 is 0. The maximum absolute atomic E-state index is 5.74. The Morgan fingerprint density at radius 1 is 1.35 bits per heavy atom. The molecule has 1 aliphatic heterocycles. The van der Waals surface area contributed by atoms with Crippen molar-refractivity contribution in [3.05, 3.63) is 23.9 Å². The first kappa shape index (κ1) is 12.0. The van der Waals surface area contributed by atoms with Crippen molar-refractivity contribution in [2.24, 2.45) is 16.5 Å². The fraction of sp³-hybridized carbons (Fsp3) is 0.583. The molecule has 6 N–H and O–H groups in total. The Bertz CT molecular complexity index is 350. The lowest BCUT2D eigenvalue weighted by molar-refractivity contribution is 0.395. The Kier molecular flexibility index (Phi) is 4.03. The molecule has 0 saturated heterocycles. The normalized spacial score (nSPS) is 21.8. The minimum absolute atomic E-state index is 0.395. The number of nitrogens with two attached hydrogens (primary N) is 2. The summed E-state index contributed by atoms with van der Waals surface area (Å²) in [6, 6.07) is 0.527. The van der Waals surface area contributed by atoms with E-state index in [-0.39, 0.29) is 0 Å². The summed E-state index contributed by atoms with van der Waals surface area (Å²) in [6.07, 6.45) is 9.95. The molecule has 94 valence electrons. The topological polar surface area (TPSA) is 88.5 Å². The molecule has 2 aliphatic rings. The molecule has 0 aromatic carbocycles. The average molecular weight is 235 g/mol. The van der Waals surface area contributed by atoms with Gasteiger partial charge >= 0.3 is 0 Å². The van der Waals surface area contributed by atoms with Crippen LogP contribution in [0.1, 0.15) is 32.1 Å². The molecular formula is C12H21N5. The van der Waals surface area contributed by atoms with Crippen molar-refractivity contribution in [2.75, 3.05) is 6.54 Å². The maximum atomic E-state index is 5.74. The Morgan fingerprint density at radius 2 is 2.12 bits per heavy atom. The Hall–Kier alpha value is -1.49. The second-order valence-electron chi connectivity index (χ2n) is 4.56. The monoisotopic (exact) mass is 235 g/mol. The molecule has 0 amide bonds. The predicted octanol–water partition coefficient (Wildman–Crippen LogP) is 0.511. The molecule has 0 unspecified atom stereocenters. The molecular weight excluding hydrogens is 214 g/mol. The van der Waals surface area contributed by atoms with Crippen LogP contribution < -0.4 is 22.1 Å². The Balaban J connectivity index is 2.00. The summed E-state index contributed by atoms with van der Waals surface area (Å²) in [5, 5.41) is 6.44. The van der Waals surface area contributed by atoms with Crippen LogP contribution in [0.25, 0.3) is 0 Å². The fourth-order valence-electron chi connectivity index (χ4n) is 2.23. The highest BCUT2D eigenvalue weighted by molar-refractivity contribution is 5.97. The Labute approximate surface area is 102 Å². The molecule has 0 radical (unpaired) electrons. The second-order valence-corrected chi connectivity index (χ2v) is 4.56. The summed E-state index contributed by atoms with van der Waals surface area (Å²) in [5.41, 5.74) is 12.1. The largest absolute Gasteiger partial charge is 0.385 e. The lowest BCUT2D eigenvalue weighted by Gasteiger charge is -2.23. The molecule has 5 nitrogen and oxygen atoms in total. The molecule has 0 aromatic rings. The minimum Gasteiger partial charge on any atom is -0.385 e. The summed E-state index contributed by atoms with van der Waals surface area (Å²) in [7, 11) is 0. The molecule has 17 heavy (non-hydrogen) atoms. The number of hydrogen-bond donors (Lipinski definition) is 4. The zero-order valence-electron chi connectivity index (χ0n) is 10.1. The van der Waals surface area contributed by atoms with Gasteiger partial charge in [0.15, 0.2) is 0 Å². The summed E-state index contributed by atoms with van der Waals surface area (Å²) in [5.74, 6) is 1.41. The molecule has 1 heterocycles. The molecule has 1 fully saturated rings. The lowest BCUT2D eigenvalue weighted by Crippen LogP contribution is -2.31. The van der Waals surface area contributed by atoms with Gasteiger partial charge in [-0.1, -0.05) is 19.3 Å². The van der Waals surface area contributed by atoms with Crippen LogP contribution in [0.5, 0.6) is 0 Å². The molecule has 1 saturated carbocycles. The zero-order valence-corrected chi connectivity index (χ0v) is 10.1. The summed E-state index contributed by atoms with van der Waals surface area (Å²) in [6.45, 7) is 0.395. The summed E-state index contributed by atoms with van der Waals surface area (Å²) >= 11 is 0. The van der Waals surface area contributed by atoms with E-state index in [9.17, 15) is 0 Å². The van der Waals surface area contributed by atoms with Crippen LogP contribution in [0.15, 0.2) is 28.9 Å². The third-order valence-electron chi connectivity index (χ3n) is 3.13. The van der Waals surface area contributed by atoms with Gasteiger partial charge in [-0.05, 0) is 12.8 Å². The smallest absolute Gasteiger partial charge is 0.142 e. The van der Waals surface area contributed by atoms with Crippen LogP contribution in [-0.2, 0) is 0 Å². The number of rotatable bonds is 3. The van der Waals surface area contributed by atoms with Gasteiger partial charge in [0.25, 0.3) is 0 Å². The minimum atomic E-state index is 0.395. The SMILES string of the molecule is NCC1=NC(NC2CCCCC2)=CNC(N)=C1. The predicted molar refractivity (Wildman–Crippen MR) is 70.0 cm³/mol. The van der Waals surface area contributed by atoms with Crippen LogP contribution in [0.4, 0.5) is 0 Å². The highest BCUT2D eigenvalue weighted by Gasteiger charge is 2.14. The van der Waals surface area contributed by atoms with E-state index in [1.807, 2.05) is 6.20 Å². The number of aliphatic imine (C=N–C) groups is 1. The third kappa shape index (κ3) is 3.49. The van der Waals surface area contributed by atoms with E-state index in [0.29, 0.717) is 18.4 Å². The first-order valence-corrected chi connectivity index (χ1v) is 6.26. The van der Waals surface area contributed by atoms with Crippen molar-refractivity contribution in [1.29, 1.82) is 0 Å². The van der Waals surface area contributed by atoms with Gasteiger partial charge in [-0.3, -0.25) is 0 Å². The zero-order chi connectivity index (χ0) is 12.1. The van der Waals surface area contributed by atoms with Crippen LogP contribution in [0.3, 0.4) is 0 Å². The molecule has 1 aliphatic carbocycles. The van der Waals surface area contributed by atoms with Crippen LogP contribution in [0.2, 0.25) is 0 Å². The standard InChI is InChI=1S/C12H21N5/c13-7-10-6-11(14)15-8-12(17-10)16-9-4-2-1-3-5-9/h6,8-9,15-16H,1-5,7,13-14H2.